The molecule has 1 atom stereocenters. The van der Waals surface area contributed by atoms with Gasteiger partial charge in [-0.2, -0.15) is 0 Å². The second kappa shape index (κ2) is 8.50. The number of aliphatic hydroxyl groups excluding tert-OH is 1. The molecule has 0 radical (unpaired) electrons. The molecule has 0 unspecified atom stereocenters. The van der Waals surface area contributed by atoms with Gasteiger partial charge in [-0.15, -0.1) is 11.8 Å². The summed E-state index contributed by atoms with van der Waals surface area (Å²) in [5.74, 6) is 0.0830. The molecule has 0 saturated heterocycles. The largest absolute Gasteiger partial charge is 0.496 e. The standard InChI is InChI=1S/C17H18N2O5S/c1-24-16-9-13(25-2)7-8-14(16)17(21)18-10-15(20)11-3-5-12(6-4-11)19(22)23/h3-9,15,20H,10H2,1-2H3,(H,18,21)/t15-/m1/s1. The fraction of sp³-hybridized carbons (Fsp3) is 0.235. The molecule has 7 nitrogen and oxygen atoms in total. The Morgan fingerprint density at radius 2 is 2.00 bits per heavy atom. The van der Waals surface area contributed by atoms with Crippen molar-refractivity contribution in [2.45, 2.75) is 11.0 Å². The normalized spacial score (nSPS) is 11.6. The number of methoxy groups -OCH3 is 1. The van der Waals surface area contributed by atoms with E-state index in [-0.39, 0.29) is 18.1 Å². The fourth-order valence-electron chi connectivity index (χ4n) is 2.21. The predicted molar refractivity (Wildman–Crippen MR) is 95.2 cm³/mol. The minimum Gasteiger partial charge on any atom is -0.496 e. The first-order valence-electron chi connectivity index (χ1n) is 7.39. The van der Waals surface area contributed by atoms with Crippen molar-refractivity contribution in [3.05, 3.63) is 63.7 Å². The number of aliphatic hydroxyl groups is 1. The van der Waals surface area contributed by atoms with Gasteiger partial charge in [0.1, 0.15) is 5.75 Å². The van der Waals surface area contributed by atoms with Crippen LogP contribution in [0, 0.1) is 10.1 Å². The highest BCUT2D eigenvalue weighted by Gasteiger charge is 2.16. The smallest absolute Gasteiger partial charge is 0.269 e. The molecule has 2 rings (SSSR count). The summed E-state index contributed by atoms with van der Waals surface area (Å²) in [4.78, 5) is 23.4. The Morgan fingerprint density at radius 3 is 2.56 bits per heavy atom. The summed E-state index contributed by atoms with van der Waals surface area (Å²) in [5.41, 5.74) is 0.797. The molecule has 2 N–H and O–H groups in total. The molecule has 1 amide bonds. The Balaban J connectivity index is 2.02. The van der Waals surface area contributed by atoms with Crippen LogP contribution >= 0.6 is 11.8 Å². The van der Waals surface area contributed by atoms with Crippen molar-refractivity contribution < 1.29 is 19.6 Å². The summed E-state index contributed by atoms with van der Waals surface area (Å²) < 4.78 is 5.24. The van der Waals surface area contributed by atoms with Crippen molar-refractivity contribution >= 4 is 23.4 Å². The summed E-state index contributed by atoms with van der Waals surface area (Å²) in [6, 6.07) is 10.8. The van der Waals surface area contributed by atoms with Crippen LogP contribution in [0.15, 0.2) is 47.4 Å². The van der Waals surface area contributed by atoms with Gasteiger partial charge in [0.05, 0.1) is 23.7 Å². The quantitative estimate of drug-likeness (QED) is 0.446. The number of thioether (sulfide) groups is 1. The van der Waals surface area contributed by atoms with E-state index in [0.29, 0.717) is 16.9 Å². The summed E-state index contributed by atoms with van der Waals surface area (Å²) in [7, 11) is 1.49. The lowest BCUT2D eigenvalue weighted by Gasteiger charge is -2.14. The first-order chi connectivity index (χ1) is 12.0. The SMILES string of the molecule is COc1cc(SC)ccc1C(=O)NC[C@@H](O)c1ccc([N+](=O)[O-])cc1. The zero-order chi connectivity index (χ0) is 18.4. The molecule has 8 heteroatoms. The minimum atomic E-state index is -0.971. The van der Waals surface area contributed by atoms with Crippen molar-refractivity contribution in [1.82, 2.24) is 5.32 Å². The maximum Gasteiger partial charge on any atom is 0.269 e. The number of carbonyl (C=O) groups is 1. The zero-order valence-corrected chi connectivity index (χ0v) is 14.6. The predicted octanol–water partition coefficient (Wildman–Crippen LogP) is 2.79. The number of rotatable bonds is 7. The van der Waals surface area contributed by atoms with Crippen LogP contribution in [0.5, 0.6) is 5.75 Å². The van der Waals surface area contributed by atoms with Gasteiger partial charge < -0.3 is 15.2 Å². The first-order valence-corrected chi connectivity index (χ1v) is 8.61. The molecule has 2 aromatic carbocycles. The number of hydrogen-bond acceptors (Lipinski definition) is 6. The molecule has 0 fully saturated rings. The molecule has 0 aliphatic rings. The summed E-state index contributed by atoms with van der Waals surface area (Å²) >= 11 is 1.54. The maximum absolute atomic E-state index is 12.3. The highest BCUT2D eigenvalue weighted by Crippen LogP contribution is 2.25. The van der Waals surface area contributed by atoms with Gasteiger partial charge in [-0.3, -0.25) is 14.9 Å². The lowest BCUT2D eigenvalue weighted by Crippen LogP contribution is -2.28. The number of carbonyl (C=O) groups excluding carboxylic acids is 1. The van der Waals surface area contributed by atoms with Crippen molar-refractivity contribution in [1.29, 1.82) is 0 Å². The molecule has 0 aliphatic carbocycles. The molecule has 2 aromatic rings. The van der Waals surface area contributed by atoms with Crippen molar-refractivity contribution in [3.63, 3.8) is 0 Å². The van der Waals surface area contributed by atoms with E-state index in [2.05, 4.69) is 5.32 Å². The van der Waals surface area contributed by atoms with Crippen LogP contribution in [-0.4, -0.2) is 35.8 Å². The number of nitrogens with one attached hydrogen (secondary N) is 1. The average Bonchev–Trinajstić information content (AvgIpc) is 2.65. The second-order valence-corrected chi connectivity index (χ2v) is 6.02. The molecular formula is C17H18N2O5S. The van der Waals surface area contributed by atoms with E-state index in [1.807, 2.05) is 12.3 Å². The lowest BCUT2D eigenvalue weighted by atomic mass is 10.1. The number of nitro benzene ring substituents is 1. The Hall–Kier alpha value is -2.58. The number of hydrogen-bond donors (Lipinski definition) is 2. The molecule has 0 aromatic heterocycles. The highest BCUT2D eigenvalue weighted by molar-refractivity contribution is 7.98. The topological polar surface area (TPSA) is 102 Å². The third-order valence-corrected chi connectivity index (χ3v) is 4.32. The van der Waals surface area contributed by atoms with Crippen LogP contribution in [0.25, 0.3) is 0 Å². The summed E-state index contributed by atoms with van der Waals surface area (Å²) in [6.07, 6.45) is 0.955. The number of benzene rings is 2. The Morgan fingerprint density at radius 1 is 1.32 bits per heavy atom. The van der Waals surface area contributed by atoms with Gasteiger partial charge in [0.15, 0.2) is 0 Å². The van der Waals surface area contributed by atoms with Gasteiger partial charge in [0, 0.05) is 23.6 Å². The second-order valence-electron chi connectivity index (χ2n) is 5.14. The Bertz CT molecular complexity index is 764. The number of amides is 1. The fourth-order valence-corrected chi connectivity index (χ4v) is 2.64. The van der Waals surface area contributed by atoms with E-state index in [4.69, 9.17) is 4.74 Å². The van der Waals surface area contributed by atoms with Gasteiger partial charge in [-0.05, 0) is 42.2 Å². The van der Waals surface area contributed by atoms with Crippen LogP contribution in [0.1, 0.15) is 22.0 Å². The third-order valence-electron chi connectivity index (χ3n) is 3.60. The average molecular weight is 362 g/mol. The summed E-state index contributed by atoms with van der Waals surface area (Å²) in [6.45, 7) is -0.0237. The van der Waals surface area contributed by atoms with Gasteiger partial charge in [0.25, 0.3) is 11.6 Å². The van der Waals surface area contributed by atoms with E-state index < -0.39 is 11.0 Å². The van der Waals surface area contributed by atoms with E-state index >= 15 is 0 Å². The molecule has 0 aliphatic heterocycles. The van der Waals surface area contributed by atoms with Crippen LogP contribution in [0.2, 0.25) is 0 Å². The number of ether oxygens (including phenoxy) is 1. The maximum atomic E-state index is 12.3. The van der Waals surface area contributed by atoms with Crippen LogP contribution < -0.4 is 10.1 Å². The summed E-state index contributed by atoms with van der Waals surface area (Å²) in [5, 5.41) is 23.4. The molecular weight excluding hydrogens is 344 g/mol. The van der Waals surface area contributed by atoms with Crippen LogP contribution in [0.4, 0.5) is 5.69 Å². The van der Waals surface area contributed by atoms with E-state index in [9.17, 15) is 20.0 Å². The van der Waals surface area contributed by atoms with Crippen molar-refractivity contribution in [3.8, 4) is 5.75 Å². The van der Waals surface area contributed by atoms with Crippen molar-refractivity contribution in [2.24, 2.45) is 0 Å². The highest BCUT2D eigenvalue weighted by atomic mass is 32.2. The van der Waals surface area contributed by atoms with E-state index in [1.54, 1.807) is 12.1 Å². The Labute approximate surface area is 149 Å². The third kappa shape index (κ3) is 4.71. The first kappa shape index (κ1) is 18.8. The number of nitrogens with zero attached hydrogens (tertiary/aromatic N) is 1. The lowest BCUT2D eigenvalue weighted by molar-refractivity contribution is -0.384. The van der Waals surface area contributed by atoms with Gasteiger partial charge >= 0.3 is 0 Å². The molecule has 0 heterocycles. The van der Waals surface area contributed by atoms with Crippen LogP contribution in [0.3, 0.4) is 0 Å². The van der Waals surface area contributed by atoms with Crippen molar-refractivity contribution in [2.75, 3.05) is 19.9 Å². The van der Waals surface area contributed by atoms with Gasteiger partial charge in [0.2, 0.25) is 0 Å². The zero-order valence-electron chi connectivity index (χ0n) is 13.8. The number of nitro groups is 1. The monoisotopic (exact) mass is 362 g/mol. The van der Waals surface area contributed by atoms with Crippen LogP contribution in [-0.2, 0) is 0 Å². The van der Waals surface area contributed by atoms with E-state index in [0.717, 1.165) is 4.90 Å². The molecule has 132 valence electrons. The molecule has 0 saturated carbocycles. The molecule has 25 heavy (non-hydrogen) atoms. The molecule has 0 bridgehead atoms. The van der Waals surface area contributed by atoms with Gasteiger partial charge in [-0.25, -0.2) is 0 Å². The van der Waals surface area contributed by atoms with Gasteiger partial charge in [-0.1, -0.05) is 0 Å². The minimum absolute atomic E-state index is 0.0237. The van der Waals surface area contributed by atoms with E-state index in [1.165, 1.54) is 43.1 Å². The molecule has 0 spiro atoms. The number of non-ortho nitro benzene ring substituents is 1. The Kier molecular flexibility index (Phi) is 6.37.